The monoisotopic (exact) mass is 514 g/mol. The van der Waals surface area contributed by atoms with Gasteiger partial charge in [-0.1, -0.05) is 35.3 Å². The third kappa shape index (κ3) is 5.14. The third-order valence-corrected chi connectivity index (χ3v) is 6.11. The number of hydrogen-bond donors (Lipinski definition) is 1. The molecular weight excluding hydrogens is 503 g/mol. The summed E-state index contributed by atoms with van der Waals surface area (Å²) in [5.41, 5.74) is 6.25. The van der Waals surface area contributed by atoms with Crippen molar-refractivity contribution in [2.75, 3.05) is 6.61 Å². The molecule has 0 unspecified atom stereocenters. The Morgan fingerprint density at radius 1 is 1.21 bits per heavy atom. The van der Waals surface area contributed by atoms with Gasteiger partial charge in [-0.15, -0.1) is 0 Å². The van der Waals surface area contributed by atoms with Crippen molar-refractivity contribution in [3.05, 3.63) is 66.9 Å². The van der Waals surface area contributed by atoms with Gasteiger partial charge in [-0.3, -0.25) is 19.3 Å². The van der Waals surface area contributed by atoms with Gasteiger partial charge in [0.15, 0.2) is 6.61 Å². The number of ether oxygens (including phenoxy) is 1. The maximum atomic E-state index is 12.7. The first-order valence-corrected chi connectivity index (χ1v) is 10.5. The summed E-state index contributed by atoms with van der Waals surface area (Å²) in [6.07, 6.45) is 1.60. The van der Waals surface area contributed by atoms with Crippen molar-refractivity contribution in [1.82, 2.24) is 4.90 Å². The maximum Gasteiger partial charge on any atom is 0.293 e. The van der Waals surface area contributed by atoms with Crippen LogP contribution < -0.4 is 10.5 Å². The molecular formula is C19H13BrCl2N2O4S. The molecule has 6 nitrogen and oxygen atoms in total. The van der Waals surface area contributed by atoms with Crippen LogP contribution in [0.1, 0.15) is 11.1 Å². The Bertz CT molecular complexity index is 1020. The van der Waals surface area contributed by atoms with Gasteiger partial charge < -0.3 is 10.5 Å². The van der Waals surface area contributed by atoms with Crippen molar-refractivity contribution in [3.63, 3.8) is 0 Å². The van der Waals surface area contributed by atoms with Crippen molar-refractivity contribution in [2.24, 2.45) is 5.73 Å². The molecule has 1 aliphatic rings. The highest BCUT2D eigenvalue weighted by Gasteiger charge is 2.35. The Labute approximate surface area is 189 Å². The molecule has 0 spiro atoms. The SMILES string of the molecule is NC(=O)COc1ccc(/C=C2\SC(=O)N(Cc3c(Cl)cccc3Cl)C2=O)cc1Br. The first-order valence-electron chi connectivity index (χ1n) is 8.15. The highest BCUT2D eigenvalue weighted by molar-refractivity contribution is 9.10. The molecule has 2 aromatic carbocycles. The van der Waals surface area contributed by atoms with Crippen LogP contribution in [-0.2, 0) is 16.1 Å². The van der Waals surface area contributed by atoms with Gasteiger partial charge in [0.25, 0.3) is 17.1 Å². The van der Waals surface area contributed by atoms with E-state index in [9.17, 15) is 14.4 Å². The van der Waals surface area contributed by atoms with Gasteiger partial charge in [0.2, 0.25) is 0 Å². The quantitative estimate of drug-likeness (QED) is 0.555. The highest BCUT2D eigenvalue weighted by atomic mass is 79.9. The lowest BCUT2D eigenvalue weighted by atomic mass is 10.2. The lowest BCUT2D eigenvalue weighted by Crippen LogP contribution is -2.27. The van der Waals surface area contributed by atoms with E-state index in [1.54, 1.807) is 42.5 Å². The second-order valence-corrected chi connectivity index (χ2v) is 8.57. The van der Waals surface area contributed by atoms with E-state index in [4.69, 9.17) is 33.7 Å². The number of imide groups is 1. The maximum absolute atomic E-state index is 12.7. The van der Waals surface area contributed by atoms with Gasteiger partial charge in [-0.05, 0) is 63.6 Å². The van der Waals surface area contributed by atoms with Crippen molar-refractivity contribution < 1.29 is 19.1 Å². The van der Waals surface area contributed by atoms with Crippen LogP contribution in [-0.4, -0.2) is 28.6 Å². The summed E-state index contributed by atoms with van der Waals surface area (Å²) in [4.78, 5) is 37.3. The van der Waals surface area contributed by atoms with E-state index in [0.717, 1.165) is 16.7 Å². The van der Waals surface area contributed by atoms with Gasteiger partial charge in [-0.2, -0.15) is 0 Å². The van der Waals surface area contributed by atoms with Crippen molar-refractivity contribution in [3.8, 4) is 5.75 Å². The van der Waals surface area contributed by atoms with Crippen LogP contribution in [0.3, 0.4) is 0 Å². The Balaban J connectivity index is 1.79. The first kappa shape index (κ1) is 21.7. The van der Waals surface area contributed by atoms with Gasteiger partial charge in [0.05, 0.1) is 15.9 Å². The molecule has 0 saturated carbocycles. The van der Waals surface area contributed by atoms with Crippen LogP contribution >= 0.6 is 50.9 Å². The zero-order valence-electron chi connectivity index (χ0n) is 14.7. The number of nitrogens with two attached hydrogens (primary N) is 1. The van der Waals surface area contributed by atoms with E-state index in [1.807, 2.05) is 0 Å². The zero-order valence-corrected chi connectivity index (χ0v) is 18.6. The van der Waals surface area contributed by atoms with Crippen molar-refractivity contribution in [1.29, 1.82) is 0 Å². The molecule has 0 aromatic heterocycles. The Morgan fingerprint density at radius 3 is 2.52 bits per heavy atom. The second kappa shape index (κ2) is 9.21. The Kier molecular flexibility index (Phi) is 6.89. The summed E-state index contributed by atoms with van der Waals surface area (Å²) in [5.74, 6) is -0.586. The largest absolute Gasteiger partial charge is 0.483 e. The molecule has 29 heavy (non-hydrogen) atoms. The van der Waals surface area contributed by atoms with E-state index in [0.29, 0.717) is 31.4 Å². The lowest BCUT2D eigenvalue weighted by molar-refractivity contribution is -0.123. The molecule has 1 saturated heterocycles. The predicted octanol–water partition coefficient (Wildman–Crippen LogP) is 4.86. The number of carbonyl (C=O) groups is 3. The highest BCUT2D eigenvalue weighted by Crippen LogP contribution is 2.36. The number of nitrogens with zero attached hydrogens (tertiary/aromatic N) is 1. The Morgan fingerprint density at radius 2 is 1.90 bits per heavy atom. The molecule has 150 valence electrons. The zero-order chi connectivity index (χ0) is 21.1. The van der Waals surface area contributed by atoms with E-state index < -0.39 is 17.1 Å². The average molecular weight is 516 g/mol. The number of primary amides is 1. The fraction of sp³-hybridized carbons (Fsp3) is 0.105. The molecule has 2 aromatic rings. The number of halogens is 3. The predicted molar refractivity (Wildman–Crippen MR) is 117 cm³/mol. The molecule has 1 aliphatic heterocycles. The molecule has 10 heteroatoms. The molecule has 2 N–H and O–H groups in total. The van der Waals surface area contributed by atoms with Crippen LogP contribution in [0.2, 0.25) is 10.0 Å². The summed E-state index contributed by atoms with van der Waals surface area (Å²) in [6, 6.07) is 10.0. The number of carbonyl (C=O) groups excluding carboxylic acids is 3. The minimum Gasteiger partial charge on any atom is -0.483 e. The number of amides is 3. The number of thioether (sulfide) groups is 1. The van der Waals surface area contributed by atoms with Crippen LogP contribution in [0, 0.1) is 0 Å². The van der Waals surface area contributed by atoms with Crippen LogP contribution in [0.15, 0.2) is 45.8 Å². The minimum absolute atomic E-state index is 0.00982. The summed E-state index contributed by atoms with van der Waals surface area (Å²) in [7, 11) is 0. The fourth-order valence-corrected chi connectivity index (χ4v) is 4.37. The number of hydrogen-bond acceptors (Lipinski definition) is 5. The molecule has 1 fully saturated rings. The average Bonchev–Trinajstić information content (AvgIpc) is 2.91. The van der Waals surface area contributed by atoms with Crippen molar-refractivity contribution in [2.45, 2.75) is 6.54 Å². The lowest BCUT2D eigenvalue weighted by Gasteiger charge is -2.14. The van der Waals surface area contributed by atoms with Gasteiger partial charge in [-0.25, -0.2) is 0 Å². The third-order valence-electron chi connectivity index (χ3n) is 3.88. The second-order valence-electron chi connectivity index (χ2n) is 5.91. The van der Waals surface area contributed by atoms with E-state index >= 15 is 0 Å². The van der Waals surface area contributed by atoms with Gasteiger partial charge in [0, 0.05) is 15.6 Å². The van der Waals surface area contributed by atoms with Crippen LogP contribution in [0.4, 0.5) is 4.79 Å². The summed E-state index contributed by atoms with van der Waals surface area (Å²) in [5, 5.41) is 0.365. The van der Waals surface area contributed by atoms with Crippen LogP contribution in [0.25, 0.3) is 6.08 Å². The van der Waals surface area contributed by atoms with Crippen molar-refractivity contribution >= 4 is 74.0 Å². The fourth-order valence-electron chi connectivity index (χ4n) is 2.50. The Hall–Kier alpha value is -2.00. The number of rotatable bonds is 6. The smallest absolute Gasteiger partial charge is 0.293 e. The standard InChI is InChI=1S/C19H13BrCl2N2O4S/c20-12-6-10(4-5-15(12)28-9-17(23)25)7-16-18(26)24(19(27)29-16)8-11-13(21)2-1-3-14(11)22/h1-7H,8-9H2,(H2,23,25)/b16-7-. The summed E-state index contributed by atoms with van der Waals surface area (Å²) in [6.45, 7) is -0.258. The summed E-state index contributed by atoms with van der Waals surface area (Å²) >= 11 is 16.5. The number of benzene rings is 2. The van der Waals surface area contributed by atoms with E-state index in [2.05, 4.69) is 15.9 Å². The topological polar surface area (TPSA) is 89.7 Å². The molecule has 0 aliphatic carbocycles. The normalized spacial score (nSPS) is 15.3. The molecule has 1 heterocycles. The van der Waals surface area contributed by atoms with E-state index in [1.165, 1.54) is 0 Å². The van der Waals surface area contributed by atoms with Gasteiger partial charge >= 0.3 is 0 Å². The molecule has 3 amide bonds. The minimum atomic E-state index is -0.590. The summed E-state index contributed by atoms with van der Waals surface area (Å²) < 4.78 is 5.84. The van der Waals surface area contributed by atoms with Gasteiger partial charge in [0.1, 0.15) is 5.75 Å². The molecule has 3 rings (SSSR count). The molecule has 0 bridgehead atoms. The molecule has 0 atom stereocenters. The molecule has 0 radical (unpaired) electrons. The first-order chi connectivity index (χ1) is 13.8. The van der Waals surface area contributed by atoms with Crippen LogP contribution in [0.5, 0.6) is 5.75 Å². The van der Waals surface area contributed by atoms with E-state index in [-0.39, 0.29) is 18.1 Å².